The van der Waals surface area contributed by atoms with E-state index in [9.17, 15) is 0 Å². The number of hydrazine groups is 1. The molecule has 3 N–H and O–H groups in total. The van der Waals surface area contributed by atoms with Gasteiger partial charge in [-0.15, -0.1) is 0 Å². The predicted molar refractivity (Wildman–Crippen MR) is 65.9 cm³/mol. The zero-order valence-corrected chi connectivity index (χ0v) is 9.95. The molecule has 0 fully saturated rings. The first-order valence-electron chi connectivity index (χ1n) is 6.26. The van der Waals surface area contributed by atoms with Crippen LogP contribution in [0, 0.1) is 0 Å². The van der Waals surface area contributed by atoms with Gasteiger partial charge in [0, 0.05) is 23.9 Å². The summed E-state index contributed by atoms with van der Waals surface area (Å²) >= 11 is 0. The van der Waals surface area contributed by atoms with E-state index < -0.39 is 0 Å². The normalized spacial score (nSPS) is 21.5. The Labute approximate surface area is 97.4 Å². The third-order valence-electron chi connectivity index (χ3n) is 3.54. The standard InChI is InChI=1S/C13H21N3/c1-2-5-12(16-14)11-8-3-6-10-7-4-9-15-13(10)11/h4,7,9,11-12,16H,2-3,5-6,8,14H2,1H3. The molecule has 3 heteroatoms. The summed E-state index contributed by atoms with van der Waals surface area (Å²) in [5.74, 6) is 6.16. The number of hydrogen-bond acceptors (Lipinski definition) is 3. The molecule has 2 rings (SSSR count). The van der Waals surface area contributed by atoms with Crippen LogP contribution in [0.1, 0.15) is 49.8 Å². The first kappa shape index (κ1) is 11.6. The minimum Gasteiger partial charge on any atom is -0.271 e. The van der Waals surface area contributed by atoms with Crippen molar-refractivity contribution in [2.75, 3.05) is 0 Å². The van der Waals surface area contributed by atoms with Crippen molar-refractivity contribution in [1.29, 1.82) is 0 Å². The van der Waals surface area contributed by atoms with E-state index in [1.165, 1.54) is 30.5 Å². The van der Waals surface area contributed by atoms with Gasteiger partial charge in [-0.25, -0.2) is 0 Å². The highest BCUT2D eigenvalue weighted by atomic mass is 15.2. The van der Waals surface area contributed by atoms with Crippen LogP contribution in [0.5, 0.6) is 0 Å². The SMILES string of the molecule is CCCC(NN)C1CCCc2cccnc21. The summed E-state index contributed by atoms with van der Waals surface area (Å²) in [4.78, 5) is 4.56. The van der Waals surface area contributed by atoms with Crippen molar-refractivity contribution in [3.05, 3.63) is 29.6 Å². The summed E-state index contributed by atoms with van der Waals surface area (Å²) in [7, 11) is 0. The average Bonchev–Trinajstić information content (AvgIpc) is 2.35. The second-order valence-corrected chi connectivity index (χ2v) is 4.61. The summed E-state index contributed by atoms with van der Waals surface area (Å²) in [6.07, 6.45) is 7.81. The van der Waals surface area contributed by atoms with Crippen molar-refractivity contribution in [2.24, 2.45) is 5.84 Å². The molecule has 2 unspecified atom stereocenters. The first-order valence-corrected chi connectivity index (χ1v) is 6.26. The van der Waals surface area contributed by atoms with Crippen molar-refractivity contribution in [2.45, 2.75) is 51.0 Å². The second-order valence-electron chi connectivity index (χ2n) is 4.61. The molecular formula is C13H21N3. The molecular weight excluding hydrogens is 198 g/mol. The maximum atomic E-state index is 5.67. The molecule has 0 aromatic carbocycles. The van der Waals surface area contributed by atoms with Crippen molar-refractivity contribution < 1.29 is 0 Å². The van der Waals surface area contributed by atoms with E-state index in [2.05, 4.69) is 23.4 Å². The Morgan fingerprint density at radius 1 is 1.62 bits per heavy atom. The van der Waals surface area contributed by atoms with E-state index in [0.717, 1.165) is 12.8 Å². The second kappa shape index (κ2) is 5.41. The number of fused-ring (bicyclic) bond motifs is 1. The number of aryl methyl sites for hydroxylation is 1. The largest absolute Gasteiger partial charge is 0.271 e. The maximum absolute atomic E-state index is 5.67. The summed E-state index contributed by atoms with van der Waals surface area (Å²) in [6.45, 7) is 2.20. The van der Waals surface area contributed by atoms with Gasteiger partial charge in [0.05, 0.1) is 0 Å². The topological polar surface area (TPSA) is 50.9 Å². The lowest BCUT2D eigenvalue weighted by Crippen LogP contribution is -2.41. The number of hydrogen-bond donors (Lipinski definition) is 2. The lowest BCUT2D eigenvalue weighted by Gasteiger charge is -2.30. The zero-order valence-electron chi connectivity index (χ0n) is 9.95. The number of nitrogens with two attached hydrogens (primary N) is 1. The fourth-order valence-electron chi connectivity index (χ4n) is 2.75. The van der Waals surface area contributed by atoms with Crippen molar-refractivity contribution in [3.63, 3.8) is 0 Å². The van der Waals surface area contributed by atoms with Gasteiger partial charge in [0.1, 0.15) is 0 Å². The molecule has 1 heterocycles. The highest BCUT2D eigenvalue weighted by Gasteiger charge is 2.27. The van der Waals surface area contributed by atoms with Crippen LogP contribution in [0.4, 0.5) is 0 Å². The molecule has 1 aliphatic carbocycles. The monoisotopic (exact) mass is 219 g/mol. The van der Waals surface area contributed by atoms with Gasteiger partial charge in [-0.05, 0) is 37.3 Å². The number of nitrogens with one attached hydrogen (secondary N) is 1. The molecule has 88 valence electrons. The van der Waals surface area contributed by atoms with E-state index in [-0.39, 0.29) is 0 Å². The van der Waals surface area contributed by atoms with Crippen LogP contribution in [0.2, 0.25) is 0 Å². The molecule has 1 aliphatic rings. The Bertz CT molecular complexity index is 338. The van der Waals surface area contributed by atoms with Gasteiger partial charge in [0.2, 0.25) is 0 Å². The predicted octanol–water partition coefficient (Wildman–Crippen LogP) is 2.13. The number of nitrogens with zero attached hydrogens (tertiary/aromatic N) is 1. The highest BCUT2D eigenvalue weighted by Crippen LogP contribution is 2.33. The number of aromatic nitrogens is 1. The molecule has 0 saturated carbocycles. The molecule has 16 heavy (non-hydrogen) atoms. The van der Waals surface area contributed by atoms with Gasteiger partial charge >= 0.3 is 0 Å². The summed E-state index contributed by atoms with van der Waals surface area (Å²) in [5, 5.41) is 0. The fourth-order valence-corrected chi connectivity index (χ4v) is 2.75. The van der Waals surface area contributed by atoms with Crippen LogP contribution in [0.25, 0.3) is 0 Å². The molecule has 1 aromatic rings. The quantitative estimate of drug-likeness (QED) is 0.602. The van der Waals surface area contributed by atoms with Gasteiger partial charge < -0.3 is 0 Å². The summed E-state index contributed by atoms with van der Waals surface area (Å²) in [5.41, 5.74) is 5.65. The van der Waals surface area contributed by atoms with Crippen LogP contribution in [-0.4, -0.2) is 11.0 Å². The maximum Gasteiger partial charge on any atom is 0.0482 e. The van der Waals surface area contributed by atoms with E-state index in [1.807, 2.05) is 12.3 Å². The molecule has 0 aliphatic heterocycles. The van der Waals surface area contributed by atoms with Gasteiger partial charge in [-0.2, -0.15) is 0 Å². The lowest BCUT2D eigenvalue weighted by molar-refractivity contribution is 0.369. The molecule has 0 spiro atoms. The number of pyridine rings is 1. The minimum atomic E-state index is 0.374. The van der Waals surface area contributed by atoms with Crippen LogP contribution in [0.3, 0.4) is 0 Å². The molecule has 0 amide bonds. The Balaban J connectivity index is 2.23. The zero-order chi connectivity index (χ0) is 11.4. The molecule has 0 saturated heterocycles. The third-order valence-corrected chi connectivity index (χ3v) is 3.54. The highest BCUT2D eigenvalue weighted by molar-refractivity contribution is 5.27. The first-order chi connectivity index (χ1) is 7.86. The average molecular weight is 219 g/mol. The molecule has 3 nitrogen and oxygen atoms in total. The van der Waals surface area contributed by atoms with Crippen LogP contribution >= 0.6 is 0 Å². The van der Waals surface area contributed by atoms with Crippen molar-refractivity contribution >= 4 is 0 Å². The molecule has 1 aromatic heterocycles. The van der Waals surface area contributed by atoms with Crippen molar-refractivity contribution in [3.8, 4) is 0 Å². The Morgan fingerprint density at radius 3 is 3.25 bits per heavy atom. The van der Waals surface area contributed by atoms with Crippen LogP contribution < -0.4 is 11.3 Å². The van der Waals surface area contributed by atoms with Crippen LogP contribution in [0.15, 0.2) is 18.3 Å². The van der Waals surface area contributed by atoms with E-state index in [4.69, 9.17) is 5.84 Å². The van der Waals surface area contributed by atoms with Gasteiger partial charge in [0.25, 0.3) is 0 Å². The Kier molecular flexibility index (Phi) is 3.91. The molecule has 2 atom stereocenters. The Hall–Kier alpha value is -0.930. The fraction of sp³-hybridized carbons (Fsp3) is 0.615. The minimum absolute atomic E-state index is 0.374. The van der Waals surface area contributed by atoms with Gasteiger partial charge in [0.15, 0.2) is 0 Å². The lowest BCUT2D eigenvalue weighted by atomic mass is 9.81. The van der Waals surface area contributed by atoms with E-state index in [1.54, 1.807) is 0 Å². The molecule has 0 radical (unpaired) electrons. The van der Waals surface area contributed by atoms with E-state index in [0.29, 0.717) is 12.0 Å². The number of rotatable bonds is 4. The Morgan fingerprint density at radius 2 is 2.50 bits per heavy atom. The van der Waals surface area contributed by atoms with Crippen LogP contribution in [-0.2, 0) is 6.42 Å². The van der Waals surface area contributed by atoms with Gasteiger partial charge in [-0.1, -0.05) is 19.4 Å². The summed E-state index contributed by atoms with van der Waals surface area (Å²) in [6, 6.07) is 4.61. The summed E-state index contributed by atoms with van der Waals surface area (Å²) < 4.78 is 0. The molecule has 0 bridgehead atoms. The van der Waals surface area contributed by atoms with E-state index >= 15 is 0 Å². The third kappa shape index (κ3) is 2.25. The van der Waals surface area contributed by atoms with Gasteiger partial charge in [-0.3, -0.25) is 16.3 Å². The van der Waals surface area contributed by atoms with Crippen molar-refractivity contribution in [1.82, 2.24) is 10.4 Å². The smallest absolute Gasteiger partial charge is 0.0482 e.